The van der Waals surface area contributed by atoms with Gasteiger partial charge in [0.25, 0.3) is 5.91 Å². The Morgan fingerprint density at radius 1 is 1.47 bits per heavy atom. The first-order valence-corrected chi connectivity index (χ1v) is 5.30. The van der Waals surface area contributed by atoms with Gasteiger partial charge in [0.1, 0.15) is 17.9 Å². The average Bonchev–Trinajstić information content (AvgIpc) is 2.65. The molecule has 5 nitrogen and oxygen atoms in total. The van der Waals surface area contributed by atoms with Crippen LogP contribution in [0.5, 0.6) is 5.75 Å². The van der Waals surface area contributed by atoms with Crippen molar-refractivity contribution < 1.29 is 13.9 Å². The van der Waals surface area contributed by atoms with Crippen LogP contribution >= 0.6 is 0 Å². The number of rotatable bonds is 4. The minimum absolute atomic E-state index is 0.170. The molecule has 0 saturated carbocycles. The molecule has 0 atom stereocenters. The fraction of sp³-hybridized carbons (Fsp3) is 0.250. The lowest BCUT2D eigenvalue weighted by atomic mass is 10.1. The van der Waals surface area contributed by atoms with Crippen LogP contribution < -0.4 is 16.2 Å². The van der Waals surface area contributed by atoms with E-state index in [1.54, 1.807) is 19.1 Å². The molecule has 2 aromatic rings. The lowest BCUT2D eigenvalue weighted by Crippen LogP contribution is -2.11. The second kappa shape index (κ2) is 4.47. The standard InChI is InChI=1S/C12H14N2O3/c1-7-10-8(16-6-5-13)3-2-4-9(10)17-11(7)12(14)15/h2-4H,5-6,13H2,1H3,(H2,14,15). The van der Waals surface area contributed by atoms with Gasteiger partial charge in [-0.15, -0.1) is 0 Å². The van der Waals surface area contributed by atoms with E-state index in [0.29, 0.717) is 30.0 Å². The molecule has 1 heterocycles. The van der Waals surface area contributed by atoms with Crippen LogP contribution in [-0.2, 0) is 0 Å². The number of hydrogen-bond acceptors (Lipinski definition) is 4. The summed E-state index contributed by atoms with van der Waals surface area (Å²) in [7, 11) is 0. The second-order valence-electron chi connectivity index (χ2n) is 3.69. The van der Waals surface area contributed by atoms with Gasteiger partial charge in [0.05, 0.1) is 5.39 Å². The van der Waals surface area contributed by atoms with Crippen molar-refractivity contribution in [3.8, 4) is 5.75 Å². The van der Waals surface area contributed by atoms with Crippen LogP contribution in [0.15, 0.2) is 22.6 Å². The number of furan rings is 1. The number of nitrogens with two attached hydrogens (primary N) is 2. The SMILES string of the molecule is Cc1c(C(N)=O)oc2cccc(OCCN)c12. The number of carbonyl (C=O) groups excluding carboxylic acids is 1. The number of carbonyl (C=O) groups is 1. The molecular weight excluding hydrogens is 220 g/mol. The number of aryl methyl sites for hydroxylation is 1. The zero-order chi connectivity index (χ0) is 12.4. The summed E-state index contributed by atoms with van der Waals surface area (Å²) in [6, 6.07) is 5.37. The highest BCUT2D eigenvalue weighted by Crippen LogP contribution is 2.32. The number of fused-ring (bicyclic) bond motifs is 1. The lowest BCUT2D eigenvalue weighted by Gasteiger charge is -2.05. The van der Waals surface area contributed by atoms with Crippen molar-refractivity contribution in [2.75, 3.05) is 13.2 Å². The number of amides is 1. The van der Waals surface area contributed by atoms with Crippen LogP contribution in [0, 0.1) is 6.92 Å². The molecule has 0 unspecified atom stereocenters. The first kappa shape index (κ1) is 11.5. The van der Waals surface area contributed by atoms with E-state index in [0.717, 1.165) is 5.39 Å². The molecule has 1 aromatic carbocycles. The number of ether oxygens (including phenoxy) is 1. The normalized spacial score (nSPS) is 10.7. The molecule has 5 heteroatoms. The van der Waals surface area contributed by atoms with Crippen LogP contribution in [0.3, 0.4) is 0 Å². The first-order valence-electron chi connectivity index (χ1n) is 5.30. The van der Waals surface area contributed by atoms with E-state index in [-0.39, 0.29) is 5.76 Å². The van der Waals surface area contributed by atoms with Crippen molar-refractivity contribution in [2.24, 2.45) is 11.5 Å². The van der Waals surface area contributed by atoms with Crippen molar-refractivity contribution in [3.05, 3.63) is 29.5 Å². The maximum atomic E-state index is 11.2. The van der Waals surface area contributed by atoms with Crippen LogP contribution in [0.25, 0.3) is 11.0 Å². The Morgan fingerprint density at radius 3 is 2.88 bits per heavy atom. The summed E-state index contributed by atoms with van der Waals surface area (Å²) in [5.74, 6) is 0.244. The number of hydrogen-bond donors (Lipinski definition) is 2. The third kappa shape index (κ3) is 1.97. The molecule has 0 spiro atoms. The fourth-order valence-electron chi connectivity index (χ4n) is 1.79. The molecule has 0 radical (unpaired) electrons. The van der Waals surface area contributed by atoms with E-state index in [9.17, 15) is 4.79 Å². The molecule has 0 aliphatic heterocycles. The Labute approximate surface area is 98.3 Å². The summed E-state index contributed by atoms with van der Waals surface area (Å²) in [6.45, 7) is 2.62. The van der Waals surface area contributed by atoms with E-state index in [1.807, 2.05) is 6.07 Å². The van der Waals surface area contributed by atoms with Gasteiger partial charge in [-0.25, -0.2) is 0 Å². The van der Waals surface area contributed by atoms with Gasteiger partial charge >= 0.3 is 0 Å². The third-order valence-electron chi connectivity index (χ3n) is 2.51. The first-order chi connectivity index (χ1) is 8.15. The van der Waals surface area contributed by atoms with Crippen molar-refractivity contribution in [2.45, 2.75) is 6.92 Å². The molecule has 0 bridgehead atoms. The van der Waals surface area contributed by atoms with Gasteiger partial charge in [-0.05, 0) is 19.1 Å². The topological polar surface area (TPSA) is 91.5 Å². The average molecular weight is 234 g/mol. The predicted octanol–water partition coefficient (Wildman–Crippen LogP) is 1.18. The molecule has 0 aliphatic rings. The zero-order valence-electron chi connectivity index (χ0n) is 9.53. The Kier molecular flexibility index (Phi) is 3.01. The fourth-order valence-corrected chi connectivity index (χ4v) is 1.79. The molecule has 17 heavy (non-hydrogen) atoms. The van der Waals surface area contributed by atoms with Crippen LogP contribution in [0.1, 0.15) is 16.1 Å². The van der Waals surface area contributed by atoms with Gasteiger partial charge in [0.2, 0.25) is 0 Å². The van der Waals surface area contributed by atoms with Gasteiger partial charge in [-0.1, -0.05) is 6.07 Å². The van der Waals surface area contributed by atoms with Gasteiger partial charge in [0, 0.05) is 12.1 Å². The van der Waals surface area contributed by atoms with Crippen molar-refractivity contribution in [1.29, 1.82) is 0 Å². The third-order valence-corrected chi connectivity index (χ3v) is 2.51. The van der Waals surface area contributed by atoms with E-state index < -0.39 is 5.91 Å². The lowest BCUT2D eigenvalue weighted by molar-refractivity contribution is 0.0975. The van der Waals surface area contributed by atoms with E-state index in [4.69, 9.17) is 20.6 Å². The molecule has 0 saturated heterocycles. The van der Waals surface area contributed by atoms with E-state index in [2.05, 4.69) is 0 Å². The largest absolute Gasteiger partial charge is 0.491 e. The van der Waals surface area contributed by atoms with Gasteiger partial charge in [-0.2, -0.15) is 0 Å². The van der Waals surface area contributed by atoms with Crippen LogP contribution in [0.2, 0.25) is 0 Å². The molecule has 2 rings (SSSR count). The monoisotopic (exact) mass is 234 g/mol. The Balaban J connectivity index is 2.58. The summed E-state index contributed by atoms with van der Waals surface area (Å²) in [5, 5.41) is 0.773. The summed E-state index contributed by atoms with van der Waals surface area (Å²) in [6.07, 6.45) is 0. The van der Waals surface area contributed by atoms with E-state index >= 15 is 0 Å². The summed E-state index contributed by atoms with van der Waals surface area (Å²) in [5.41, 5.74) is 11.9. The Bertz CT molecular complexity index is 560. The van der Waals surface area contributed by atoms with Gasteiger partial charge in [0.15, 0.2) is 5.76 Å². The quantitative estimate of drug-likeness (QED) is 0.830. The van der Waals surface area contributed by atoms with Gasteiger partial charge < -0.3 is 20.6 Å². The van der Waals surface area contributed by atoms with E-state index in [1.165, 1.54) is 0 Å². The molecule has 0 aliphatic carbocycles. The second-order valence-corrected chi connectivity index (χ2v) is 3.69. The molecule has 1 amide bonds. The number of primary amides is 1. The van der Waals surface area contributed by atoms with Crippen LogP contribution in [0.4, 0.5) is 0 Å². The summed E-state index contributed by atoms with van der Waals surface area (Å²) >= 11 is 0. The molecule has 4 N–H and O–H groups in total. The molecule has 0 fully saturated rings. The highest BCUT2D eigenvalue weighted by atomic mass is 16.5. The zero-order valence-corrected chi connectivity index (χ0v) is 9.53. The van der Waals surface area contributed by atoms with Crippen molar-refractivity contribution in [1.82, 2.24) is 0 Å². The highest BCUT2D eigenvalue weighted by molar-refractivity contribution is 5.99. The minimum atomic E-state index is -0.580. The summed E-state index contributed by atoms with van der Waals surface area (Å²) in [4.78, 5) is 11.2. The van der Waals surface area contributed by atoms with Crippen molar-refractivity contribution >= 4 is 16.9 Å². The molecule has 90 valence electrons. The highest BCUT2D eigenvalue weighted by Gasteiger charge is 2.17. The maximum absolute atomic E-state index is 11.2. The minimum Gasteiger partial charge on any atom is -0.491 e. The van der Waals surface area contributed by atoms with Gasteiger partial charge in [-0.3, -0.25) is 4.79 Å². The maximum Gasteiger partial charge on any atom is 0.284 e. The summed E-state index contributed by atoms with van der Waals surface area (Å²) < 4.78 is 10.9. The molecule has 1 aromatic heterocycles. The number of benzene rings is 1. The van der Waals surface area contributed by atoms with Crippen LogP contribution in [-0.4, -0.2) is 19.1 Å². The predicted molar refractivity (Wildman–Crippen MR) is 64.0 cm³/mol. The smallest absolute Gasteiger partial charge is 0.284 e. The molecular formula is C12H14N2O3. The Morgan fingerprint density at radius 2 is 2.24 bits per heavy atom. The van der Waals surface area contributed by atoms with Crippen molar-refractivity contribution in [3.63, 3.8) is 0 Å². The Hall–Kier alpha value is -2.01.